The van der Waals surface area contributed by atoms with E-state index in [0.717, 1.165) is 12.1 Å². The van der Waals surface area contributed by atoms with Crippen LogP contribution < -0.4 is 5.32 Å². The Labute approximate surface area is 141 Å². The lowest BCUT2D eigenvalue weighted by Crippen LogP contribution is -2.44. The van der Waals surface area contributed by atoms with Gasteiger partial charge in [0.2, 0.25) is 0 Å². The average Bonchev–Trinajstić information content (AvgIpc) is 2.51. The Balaban J connectivity index is 2.98. The Hall–Kier alpha value is -1.55. The van der Waals surface area contributed by atoms with Crippen LogP contribution in [-0.4, -0.2) is 42.0 Å². The van der Waals surface area contributed by atoms with Gasteiger partial charge in [0.1, 0.15) is 6.10 Å². The molecule has 0 heterocycles. The number of benzene rings is 1. The van der Waals surface area contributed by atoms with E-state index in [1.807, 2.05) is 0 Å². The first-order valence-corrected chi connectivity index (χ1v) is 8.33. The molecule has 1 rings (SSSR count). The normalized spacial score (nSPS) is 14.0. The second kappa shape index (κ2) is 8.34. The third-order valence-electron chi connectivity index (χ3n) is 2.77. The van der Waals surface area contributed by atoms with Crippen molar-refractivity contribution in [2.45, 2.75) is 21.9 Å². The van der Waals surface area contributed by atoms with Crippen LogP contribution >= 0.6 is 23.2 Å². The summed E-state index contributed by atoms with van der Waals surface area (Å²) in [6, 6.07) is 3.63. The summed E-state index contributed by atoms with van der Waals surface area (Å²) in [5.74, 6) is -0.797. The SMILES string of the molecule is [N-]=[N+]=NS(=O)(=O)c1ccc(C(O)C(CO)NC(=O)C(Cl)Cl)cc1. The van der Waals surface area contributed by atoms with Crippen molar-refractivity contribution >= 4 is 39.1 Å². The Kier molecular flexibility index (Phi) is 7.07. The predicted octanol–water partition coefficient (Wildman–Crippen LogP) is 1.000. The fourth-order valence-corrected chi connectivity index (χ4v) is 2.43. The van der Waals surface area contributed by atoms with E-state index in [1.165, 1.54) is 12.1 Å². The van der Waals surface area contributed by atoms with Crippen molar-refractivity contribution < 1.29 is 23.4 Å². The number of nitrogens with one attached hydrogen (secondary N) is 1. The molecule has 0 saturated heterocycles. The van der Waals surface area contributed by atoms with Crippen molar-refractivity contribution in [3.05, 3.63) is 40.3 Å². The molecule has 0 aliphatic rings. The second-order valence-electron chi connectivity index (χ2n) is 4.26. The van der Waals surface area contributed by atoms with Gasteiger partial charge in [-0.25, -0.2) is 8.42 Å². The van der Waals surface area contributed by atoms with Gasteiger partial charge in [-0.3, -0.25) is 4.79 Å². The summed E-state index contributed by atoms with van der Waals surface area (Å²) in [5.41, 5.74) is 8.40. The molecule has 1 aromatic carbocycles. The number of halogens is 2. The Bertz CT molecular complexity index is 704. The Morgan fingerprint density at radius 3 is 2.35 bits per heavy atom. The minimum Gasteiger partial charge on any atom is -0.394 e. The van der Waals surface area contributed by atoms with Gasteiger partial charge < -0.3 is 15.5 Å². The molecule has 0 aliphatic carbocycles. The molecule has 0 saturated carbocycles. The van der Waals surface area contributed by atoms with Gasteiger partial charge in [-0.2, -0.15) is 0 Å². The molecule has 2 unspecified atom stereocenters. The highest BCUT2D eigenvalue weighted by molar-refractivity contribution is 7.90. The topological polar surface area (TPSA) is 152 Å². The number of carbonyl (C=O) groups is 1. The van der Waals surface area contributed by atoms with E-state index in [4.69, 9.17) is 28.7 Å². The highest BCUT2D eigenvalue weighted by Gasteiger charge is 2.25. The molecule has 0 aliphatic heterocycles. The van der Waals surface area contributed by atoms with Gasteiger partial charge in [0.25, 0.3) is 15.9 Å². The van der Waals surface area contributed by atoms with Gasteiger partial charge in [0.15, 0.2) is 4.84 Å². The third-order valence-corrected chi connectivity index (χ3v) is 4.32. The molecule has 2 atom stereocenters. The molecule has 0 bridgehead atoms. The molecule has 3 N–H and O–H groups in total. The molecule has 1 aromatic rings. The monoisotopic (exact) mass is 382 g/mol. The van der Waals surface area contributed by atoms with E-state index in [-0.39, 0.29) is 10.5 Å². The summed E-state index contributed by atoms with van der Waals surface area (Å²) < 4.78 is 25.7. The van der Waals surface area contributed by atoms with Crippen LogP contribution in [0.25, 0.3) is 10.4 Å². The van der Waals surface area contributed by atoms with E-state index in [2.05, 4.69) is 14.7 Å². The van der Waals surface area contributed by atoms with Gasteiger partial charge in [0, 0.05) is 9.43 Å². The number of carbonyl (C=O) groups excluding carboxylic acids is 1. The van der Waals surface area contributed by atoms with Gasteiger partial charge >= 0.3 is 0 Å². The van der Waals surface area contributed by atoms with Crippen molar-refractivity contribution in [2.75, 3.05) is 6.61 Å². The zero-order valence-electron chi connectivity index (χ0n) is 11.4. The molecule has 0 fully saturated rings. The molecular weight excluding hydrogens is 371 g/mol. The van der Waals surface area contributed by atoms with E-state index in [0.29, 0.717) is 0 Å². The van der Waals surface area contributed by atoms with Crippen LogP contribution in [0.4, 0.5) is 0 Å². The molecule has 0 spiro atoms. The van der Waals surface area contributed by atoms with Crippen LogP contribution in [0.1, 0.15) is 11.7 Å². The highest BCUT2D eigenvalue weighted by atomic mass is 35.5. The fourth-order valence-electron chi connectivity index (χ4n) is 1.63. The zero-order chi connectivity index (χ0) is 17.6. The predicted molar refractivity (Wildman–Crippen MR) is 82.2 cm³/mol. The minimum absolute atomic E-state index is 0.213. The molecule has 1 amide bonds. The van der Waals surface area contributed by atoms with Crippen LogP contribution in [0, 0.1) is 0 Å². The number of rotatable bonds is 7. The number of aliphatic hydroxyl groups excluding tert-OH is 2. The Morgan fingerprint density at radius 1 is 1.35 bits per heavy atom. The number of azide groups is 1. The van der Waals surface area contributed by atoms with Crippen LogP contribution in [0.3, 0.4) is 0 Å². The van der Waals surface area contributed by atoms with Crippen molar-refractivity contribution in [3.8, 4) is 0 Å². The molecule has 0 aromatic heterocycles. The Morgan fingerprint density at radius 2 is 1.91 bits per heavy atom. The lowest BCUT2D eigenvalue weighted by atomic mass is 10.0. The maximum atomic E-state index is 11.5. The maximum Gasteiger partial charge on any atom is 0.264 e. The largest absolute Gasteiger partial charge is 0.394 e. The zero-order valence-corrected chi connectivity index (χ0v) is 13.7. The van der Waals surface area contributed by atoms with Crippen LogP contribution in [-0.2, 0) is 14.8 Å². The van der Waals surface area contributed by atoms with Crippen LogP contribution in [0.15, 0.2) is 33.7 Å². The molecule has 0 radical (unpaired) electrons. The lowest BCUT2D eigenvalue weighted by molar-refractivity contribution is -0.121. The molecular formula is C11H12Cl2N4O5S. The number of nitrogens with zero attached hydrogens (tertiary/aromatic N) is 3. The number of hydrogen-bond donors (Lipinski definition) is 3. The average molecular weight is 383 g/mol. The van der Waals surface area contributed by atoms with Crippen molar-refractivity contribution in [1.29, 1.82) is 0 Å². The van der Waals surface area contributed by atoms with E-state index in [9.17, 15) is 23.4 Å². The van der Waals surface area contributed by atoms with Gasteiger partial charge in [-0.1, -0.05) is 35.3 Å². The molecule has 12 heteroatoms. The second-order valence-corrected chi connectivity index (χ2v) is 6.94. The maximum absolute atomic E-state index is 11.5. The van der Waals surface area contributed by atoms with Crippen molar-refractivity contribution in [1.82, 2.24) is 5.32 Å². The summed E-state index contributed by atoms with van der Waals surface area (Å²) >= 11 is 10.7. The van der Waals surface area contributed by atoms with Crippen molar-refractivity contribution in [3.63, 3.8) is 0 Å². The van der Waals surface area contributed by atoms with Gasteiger partial charge in [0.05, 0.1) is 17.5 Å². The summed E-state index contributed by atoms with van der Waals surface area (Å²) in [5, 5.41) is 21.6. The molecule has 23 heavy (non-hydrogen) atoms. The number of aliphatic hydroxyl groups is 2. The number of sulfonamides is 1. The summed E-state index contributed by atoms with van der Waals surface area (Å²) in [4.78, 5) is 12.0. The van der Waals surface area contributed by atoms with Gasteiger partial charge in [-0.15, -0.1) is 0 Å². The smallest absolute Gasteiger partial charge is 0.264 e. The van der Waals surface area contributed by atoms with Crippen LogP contribution in [0.2, 0.25) is 0 Å². The summed E-state index contributed by atoms with van der Waals surface area (Å²) in [6.07, 6.45) is -1.34. The first kappa shape index (κ1) is 19.5. The quantitative estimate of drug-likeness (QED) is 0.278. The number of alkyl halides is 2. The first-order chi connectivity index (χ1) is 10.7. The van der Waals surface area contributed by atoms with Gasteiger partial charge in [-0.05, 0) is 23.2 Å². The van der Waals surface area contributed by atoms with E-state index in [1.54, 1.807) is 0 Å². The lowest BCUT2D eigenvalue weighted by Gasteiger charge is -2.23. The highest BCUT2D eigenvalue weighted by Crippen LogP contribution is 2.21. The number of amides is 1. The number of hydrogen-bond acceptors (Lipinski definition) is 5. The van der Waals surface area contributed by atoms with Crippen molar-refractivity contribution in [2.24, 2.45) is 4.52 Å². The minimum atomic E-state index is -4.14. The summed E-state index contributed by atoms with van der Waals surface area (Å²) in [6.45, 7) is -0.605. The fraction of sp³-hybridized carbons (Fsp3) is 0.364. The third kappa shape index (κ3) is 5.24. The van der Waals surface area contributed by atoms with E-state index >= 15 is 0 Å². The molecule has 126 valence electrons. The first-order valence-electron chi connectivity index (χ1n) is 6.01. The standard InChI is InChI=1S/C11H12Cl2N4O5S/c12-10(13)11(20)15-8(5-18)9(19)6-1-3-7(4-2-6)23(21,22)17-16-14/h1-4,8-10,18-19H,5H2,(H,15,20). The molecule has 9 nitrogen and oxygen atoms in total. The van der Waals surface area contributed by atoms with Crippen LogP contribution in [0.5, 0.6) is 0 Å². The summed E-state index contributed by atoms with van der Waals surface area (Å²) in [7, 11) is -4.14. The van der Waals surface area contributed by atoms with E-state index < -0.39 is 39.5 Å².